The SMILES string of the molecule is C[C@@H](O)[C@H](N)C(=O)O[Se]OC(=O)[C@@H](N)[C@@H](C)O. The van der Waals surface area contributed by atoms with Crippen molar-refractivity contribution in [1.29, 1.82) is 0 Å². The van der Waals surface area contributed by atoms with Gasteiger partial charge in [0.1, 0.15) is 0 Å². The van der Waals surface area contributed by atoms with Crippen LogP contribution in [0.15, 0.2) is 0 Å². The molecular formula is C8H16N2O6Se. The van der Waals surface area contributed by atoms with Crippen molar-refractivity contribution in [3.8, 4) is 0 Å². The molecule has 17 heavy (non-hydrogen) atoms. The average Bonchev–Trinajstić information content (AvgIpc) is 2.26. The molecule has 6 N–H and O–H groups in total. The van der Waals surface area contributed by atoms with Crippen molar-refractivity contribution in [2.45, 2.75) is 38.1 Å². The van der Waals surface area contributed by atoms with Gasteiger partial charge in [0.25, 0.3) is 0 Å². The molecule has 0 heterocycles. The molecule has 0 aromatic heterocycles. The van der Waals surface area contributed by atoms with Gasteiger partial charge in [-0.15, -0.1) is 0 Å². The Morgan fingerprint density at radius 2 is 1.29 bits per heavy atom. The van der Waals surface area contributed by atoms with E-state index in [4.69, 9.17) is 21.7 Å². The summed E-state index contributed by atoms with van der Waals surface area (Å²) >= 11 is -1.23. The van der Waals surface area contributed by atoms with Crippen LogP contribution in [0.5, 0.6) is 0 Å². The molecule has 0 radical (unpaired) electrons. The molecule has 0 aromatic carbocycles. The summed E-state index contributed by atoms with van der Waals surface area (Å²) < 4.78 is 9.05. The Kier molecular flexibility index (Phi) is 7.28. The van der Waals surface area contributed by atoms with Crippen LogP contribution in [0.1, 0.15) is 13.8 Å². The van der Waals surface area contributed by atoms with Crippen molar-refractivity contribution in [3.05, 3.63) is 0 Å². The first kappa shape index (κ1) is 16.3. The van der Waals surface area contributed by atoms with E-state index in [0.717, 1.165) is 0 Å². The molecule has 0 aliphatic heterocycles. The Morgan fingerprint density at radius 3 is 1.53 bits per heavy atom. The predicted molar refractivity (Wildman–Crippen MR) is 57.3 cm³/mol. The third-order valence-electron chi connectivity index (χ3n) is 1.82. The molecule has 0 aliphatic carbocycles. The molecule has 0 aliphatic rings. The third kappa shape index (κ3) is 5.96. The van der Waals surface area contributed by atoms with Crippen molar-refractivity contribution in [2.75, 3.05) is 0 Å². The minimum atomic E-state index is -1.23. The second-order valence-corrected chi connectivity index (χ2v) is 4.39. The van der Waals surface area contributed by atoms with Crippen molar-refractivity contribution in [2.24, 2.45) is 11.5 Å². The number of aliphatic hydroxyl groups is 2. The summed E-state index contributed by atoms with van der Waals surface area (Å²) in [5.41, 5.74) is 10.5. The summed E-state index contributed by atoms with van der Waals surface area (Å²) in [6.45, 7) is 2.66. The van der Waals surface area contributed by atoms with Gasteiger partial charge in [-0.25, -0.2) is 0 Å². The molecule has 0 amide bonds. The average molecular weight is 315 g/mol. The second kappa shape index (κ2) is 7.59. The van der Waals surface area contributed by atoms with Crippen LogP contribution >= 0.6 is 0 Å². The van der Waals surface area contributed by atoms with Gasteiger partial charge in [-0.2, -0.15) is 0 Å². The molecule has 0 aromatic rings. The van der Waals surface area contributed by atoms with E-state index < -0.39 is 51.8 Å². The number of hydrogen-bond donors (Lipinski definition) is 4. The molecule has 0 spiro atoms. The third-order valence-corrected chi connectivity index (χ3v) is 2.79. The molecule has 0 unspecified atom stereocenters. The number of rotatable bonds is 6. The minimum absolute atomic E-state index is 0.876. The van der Waals surface area contributed by atoms with Crippen molar-refractivity contribution >= 4 is 27.6 Å². The maximum absolute atomic E-state index is 11.1. The molecule has 0 rings (SSSR count). The van der Waals surface area contributed by atoms with Gasteiger partial charge in [0, 0.05) is 0 Å². The van der Waals surface area contributed by atoms with E-state index in [1.165, 1.54) is 13.8 Å². The standard InChI is InChI=1S/C8H16N2O6Se/c1-3(11)5(9)7(13)15-17-16-8(14)6(10)4(2)12/h3-6,11-12H,9-10H2,1-2H3/t3-,4-,5+,6+/m1/s1. The molecule has 0 saturated carbocycles. The van der Waals surface area contributed by atoms with Gasteiger partial charge in [0.15, 0.2) is 0 Å². The first-order valence-electron chi connectivity index (χ1n) is 4.73. The molecule has 8 nitrogen and oxygen atoms in total. The molecule has 0 saturated heterocycles. The second-order valence-electron chi connectivity index (χ2n) is 3.41. The van der Waals surface area contributed by atoms with Crippen molar-refractivity contribution < 1.29 is 27.4 Å². The Morgan fingerprint density at radius 1 is 1.00 bits per heavy atom. The van der Waals surface area contributed by atoms with Crippen LogP contribution in [0.2, 0.25) is 0 Å². The van der Waals surface area contributed by atoms with Crippen LogP contribution in [0, 0.1) is 0 Å². The first-order valence-corrected chi connectivity index (χ1v) is 6.13. The maximum atomic E-state index is 11.1. The van der Waals surface area contributed by atoms with E-state index >= 15 is 0 Å². The quantitative estimate of drug-likeness (QED) is 0.380. The molecule has 100 valence electrons. The normalized spacial score (nSPS) is 17.8. The fraction of sp³-hybridized carbons (Fsp3) is 0.750. The zero-order chi connectivity index (χ0) is 13.6. The van der Waals surface area contributed by atoms with E-state index in [2.05, 4.69) is 7.64 Å². The summed E-state index contributed by atoms with van der Waals surface area (Å²) in [6.07, 6.45) is -2.12. The summed E-state index contributed by atoms with van der Waals surface area (Å²) in [5, 5.41) is 18.0. The molecule has 9 heteroatoms. The summed E-state index contributed by atoms with van der Waals surface area (Å²) in [4.78, 5) is 22.2. The van der Waals surface area contributed by atoms with Gasteiger partial charge in [-0.05, 0) is 0 Å². The van der Waals surface area contributed by atoms with Crippen LogP contribution in [-0.4, -0.2) is 62.1 Å². The summed E-state index contributed by atoms with van der Waals surface area (Å²) in [6, 6.07) is -2.39. The van der Waals surface area contributed by atoms with Crippen molar-refractivity contribution in [3.63, 3.8) is 0 Å². The van der Waals surface area contributed by atoms with Crippen LogP contribution in [0.4, 0.5) is 0 Å². The Hall–Kier alpha value is -0.701. The molecular weight excluding hydrogens is 299 g/mol. The summed E-state index contributed by atoms with van der Waals surface area (Å²) in [7, 11) is 0. The Bertz CT molecular complexity index is 247. The number of nitrogens with two attached hydrogens (primary N) is 2. The van der Waals surface area contributed by atoms with Crippen molar-refractivity contribution in [1.82, 2.24) is 0 Å². The molecule has 4 atom stereocenters. The van der Waals surface area contributed by atoms with E-state index in [1.807, 2.05) is 0 Å². The predicted octanol–water partition coefficient (Wildman–Crippen LogP) is -2.98. The van der Waals surface area contributed by atoms with Gasteiger partial charge < -0.3 is 0 Å². The van der Waals surface area contributed by atoms with Crippen LogP contribution in [-0.2, 0) is 17.2 Å². The zero-order valence-corrected chi connectivity index (χ0v) is 11.1. The number of carbonyl (C=O) groups excluding carboxylic acids is 2. The fourth-order valence-corrected chi connectivity index (χ4v) is 1.41. The van der Waals surface area contributed by atoms with Gasteiger partial charge in [-0.1, -0.05) is 0 Å². The van der Waals surface area contributed by atoms with E-state index in [1.54, 1.807) is 0 Å². The monoisotopic (exact) mass is 316 g/mol. The molecule has 0 bridgehead atoms. The van der Waals surface area contributed by atoms with E-state index in [9.17, 15) is 9.59 Å². The van der Waals surface area contributed by atoms with Crippen LogP contribution in [0.3, 0.4) is 0 Å². The Balaban J connectivity index is 3.92. The molecule has 0 fully saturated rings. The van der Waals surface area contributed by atoms with Gasteiger partial charge >= 0.3 is 105 Å². The van der Waals surface area contributed by atoms with Crippen LogP contribution < -0.4 is 11.5 Å². The van der Waals surface area contributed by atoms with Gasteiger partial charge in [-0.3, -0.25) is 0 Å². The van der Waals surface area contributed by atoms with E-state index in [0.29, 0.717) is 0 Å². The number of hydrogen-bond acceptors (Lipinski definition) is 8. The number of carbonyl (C=O) groups is 2. The topological polar surface area (TPSA) is 145 Å². The fourth-order valence-electron chi connectivity index (χ4n) is 0.589. The van der Waals surface area contributed by atoms with Crippen LogP contribution in [0.25, 0.3) is 0 Å². The zero-order valence-electron chi connectivity index (χ0n) is 9.40. The van der Waals surface area contributed by atoms with Gasteiger partial charge in [0.2, 0.25) is 0 Å². The summed E-state index contributed by atoms with van der Waals surface area (Å²) in [5.74, 6) is -1.75. The van der Waals surface area contributed by atoms with E-state index in [-0.39, 0.29) is 0 Å². The first-order chi connectivity index (χ1) is 7.77. The van der Waals surface area contributed by atoms with Gasteiger partial charge in [0.05, 0.1) is 0 Å². The Labute approximate surface area is 105 Å². The number of aliphatic hydroxyl groups excluding tert-OH is 2.